The standard InChI is InChI=1S/C27H30F4N6O2.C25H26F4N6O2.C24H24F4N6O2/c1-14(2)36-9-8-27(30,31)21(13-36)37-24(32)22(25(33)38)23(35-37)16-5-6-17(20(29)10-16)12-34-26(39)19-11-18(28)7-4-15(19)3;1-13-3-6-16(26)10-17(13)24(37)32-11-15-5-4-14(9-18(15)27)21-20(23(31)36)22(30)35(33-21)19-12-34(2)8-7-25(19,28)29;1-12-2-5-15(25)9-16(12)23(36)32-10-14-4-3-13(8-17(14)26)20-19(22(30)35)21(29)34(33-20)18-11-31-7-6-24(18,27)28/h4-7,10-11,14,21H,8-9,12-13,32H2,1-3H3,(H2,33,38)(H,34,39);3-6,9-10,19H,7-8,11-12,30H2,1-2H3,(H2,31,36)(H,32,37);2-5,8-9,18,31H,6-7,10-11,29H2,1H3,(H2,30,35)(H,32,36). The molecule has 24 nitrogen and oxygen atoms in total. The summed E-state index contributed by atoms with van der Waals surface area (Å²) in [7, 11) is 1.68. The first-order chi connectivity index (χ1) is 52.7. The van der Waals surface area contributed by atoms with Crippen LogP contribution in [0.4, 0.5) is 70.1 Å². The van der Waals surface area contributed by atoms with Crippen molar-refractivity contribution in [3.63, 3.8) is 0 Å². The molecule has 6 amide bonds. The lowest BCUT2D eigenvalue weighted by Gasteiger charge is -2.40. The summed E-state index contributed by atoms with van der Waals surface area (Å²) in [6, 6.07) is 18.5. The molecule has 3 aliphatic heterocycles. The minimum Gasteiger partial charge on any atom is -0.383 e. The van der Waals surface area contributed by atoms with Gasteiger partial charge in [0, 0.05) is 134 Å². The van der Waals surface area contributed by atoms with Crippen LogP contribution in [0.25, 0.3) is 33.8 Å². The van der Waals surface area contributed by atoms with Gasteiger partial charge < -0.3 is 60.6 Å². The fraction of sp³-hybridized carbons (Fsp3) is 0.329. The largest absolute Gasteiger partial charge is 0.383 e. The van der Waals surface area contributed by atoms with E-state index in [1.165, 1.54) is 72.8 Å². The highest BCUT2D eigenvalue weighted by atomic mass is 19.3. The number of benzene rings is 6. The normalized spacial score (nSPS) is 17.3. The van der Waals surface area contributed by atoms with Gasteiger partial charge in [-0.2, -0.15) is 15.3 Å². The number of likely N-dealkylation sites (tertiary alicyclic amines) is 2. The third-order valence-corrected chi connectivity index (χ3v) is 19.7. The number of hydrogen-bond donors (Lipinski definition) is 10. The Kier molecular flexibility index (Phi) is 24.7. The van der Waals surface area contributed by atoms with Gasteiger partial charge in [0.05, 0.1) is 0 Å². The number of primary amides is 3. The molecule has 0 radical (unpaired) electrons. The summed E-state index contributed by atoms with van der Waals surface area (Å²) in [6.07, 6.45) is -1.28. The number of aryl methyl sites for hydroxylation is 3. The number of nitrogens with zero attached hydrogens (tertiary/aromatic N) is 8. The first-order valence-corrected chi connectivity index (χ1v) is 35.0. The second kappa shape index (κ2) is 33.4. The fourth-order valence-electron chi connectivity index (χ4n) is 13.2. The van der Waals surface area contributed by atoms with Gasteiger partial charge in [-0.1, -0.05) is 54.6 Å². The molecule has 112 heavy (non-hydrogen) atoms. The maximum Gasteiger partial charge on any atom is 0.272 e. The number of hydrogen-bond acceptors (Lipinski definition) is 15. The van der Waals surface area contributed by atoms with Gasteiger partial charge in [0.2, 0.25) is 0 Å². The molecule has 594 valence electrons. The van der Waals surface area contributed by atoms with Crippen LogP contribution >= 0.6 is 0 Å². The Bertz CT molecular complexity index is 5120. The van der Waals surface area contributed by atoms with Gasteiger partial charge >= 0.3 is 0 Å². The third kappa shape index (κ3) is 18.0. The van der Waals surface area contributed by atoms with Gasteiger partial charge in [0.1, 0.15) is 104 Å². The molecule has 3 saturated heterocycles. The van der Waals surface area contributed by atoms with Gasteiger partial charge in [-0.05, 0) is 113 Å². The van der Waals surface area contributed by atoms with Crippen LogP contribution < -0.4 is 55.7 Å². The van der Waals surface area contributed by atoms with E-state index in [1.807, 2.05) is 18.7 Å². The van der Waals surface area contributed by atoms with Crippen molar-refractivity contribution in [3.8, 4) is 33.8 Å². The van der Waals surface area contributed by atoms with Crippen molar-refractivity contribution in [1.82, 2.24) is 60.4 Å². The number of likely N-dealkylation sites (N-methyl/N-ethyl adjacent to an activating group) is 1. The molecule has 0 saturated carbocycles. The molecule has 12 rings (SSSR count). The summed E-state index contributed by atoms with van der Waals surface area (Å²) >= 11 is 0. The first-order valence-electron chi connectivity index (χ1n) is 35.0. The van der Waals surface area contributed by atoms with Crippen LogP contribution in [-0.4, -0.2) is 145 Å². The number of piperidine rings is 3. The molecule has 36 heteroatoms. The van der Waals surface area contributed by atoms with Crippen LogP contribution in [-0.2, 0) is 19.6 Å². The Morgan fingerprint density at radius 3 is 1.11 bits per heavy atom. The summed E-state index contributed by atoms with van der Waals surface area (Å²) in [5.74, 6) is -19.1. The number of amides is 6. The van der Waals surface area contributed by atoms with Gasteiger partial charge in [-0.25, -0.2) is 66.7 Å². The van der Waals surface area contributed by atoms with Crippen molar-refractivity contribution in [1.29, 1.82) is 0 Å². The average molecular weight is 1570 g/mol. The molecular formula is C76H80F12N18O6. The molecule has 3 atom stereocenters. The van der Waals surface area contributed by atoms with E-state index < -0.39 is 126 Å². The number of rotatable bonds is 19. The van der Waals surface area contributed by atoms with Crippen molar-refractivity contribution in [2.75, 3.05) is 63.5 Å². The summed E-state index contributed by atoms with van der Waals surface area (Å²) in [6.45, 7) is 8.34. The number of aromatic nitrogens is 6. The van der Waals surface area contributed by atoms with E-state index in [-0.39, 0.29) is 166 Å². The van der Waals surface area contributed by atoms with E-state index in [0.29, 0.717) is 16.7 Å². The Hall–Kier alpha value is -11.8. The van der Waals surface area contributed by atoms with Gasteiger partial charge in [-0.15, -0.1) is 0 Å². The zero-order chi connectivity index (χ0) is 81.9. The molecule has 3 aliphatic rings. The quantitative estimate of drug-likeness (QED) is 0.0337. The number of nitrogens with two attached hydrogens (primary N) is 6. The van der Waals surface area contributed by atoms with Gasteiger partial charge in [0.15, 0.2) is 0 Å². The van der Waals surface area contributed by atoms with Crippen LogP contribution in [0.1, 0.15) is 147 Å². The highest BCUT2D eigenvalue weighted by Gasteiger charge is 2.50. The van der Waals surface area contributed by atoms with E-state index in [9.17, 15) is 77.1 Å². The van der Waals surface area contributed by atoms with Crippen LogP contribution in [0.3, 0.4) is 0 Å². The zero-order valence-electron chi connectivity index (χ0n) is 61.2. The Balaban J connectivity index is 0.000000178. The highest BCUT2D eigenvalue weighted by molar-refractivity contribution is 6.05. The number of halogens is 12. The molecule has 6 aromatic carbocycles. The molecular weight excluding hydrogens is 1490 g/mol. The van der Waals surface area contributed by atoms with Gasteiger partial charge in [-0.3, -0.25) is 33.7 Å². The lowest BCUT2D eigenvalue weighted by atomic mass is 9.99. The van der Waals surface area contributed by atoms with Crippen molar-refractivity contribution in [2.24, 2.45) is 17.2 Å². The molecule has 16 N–H and O–H groups in total. The predicted molar refractivity (Wildman–Crippen MR) is 391 cm³/mol. The van der Waals surface area contributed by atoms with E-state index >= 15 is 4.39 Å². The van der Waals surface area contributed by atoms with Crippen LogP contribution in [0.15, 0.2) is 109 Å². The SMILES string of the molecule is Cc1ccc(F)cc1C(=O)NCc1ccc(-c2nn(C3CN(C(C)C)CCC3(F)F)c(N)c2C(N)=O)cc1F.Cc1ccc(F)cc1C(=O)NCc1ccc(-c2nn(C3CN(C)CCC3(F)F)c(N)c2C(N)=O)cc1F.Cc1ccc(F)cc1C(=O)NCc1ccc(-c2nn(C3CNCCC3(F)F)c(N)c2C(N)=O)cc1F. The molecule has 0 aliphatic carbocycles. The fourth-order valence-corrected chi connectivity index (χ4v) is 13.2. The lowest BCUT2D eigenvalue weighted by molar-refractivity contribution is -0.106. The van der Waals surface area contributed by atoms with Crippen molar-refractivity contribution in [3.05, 3.63) is 211 Å². The molecule has 3 fully saturated rings. The molecule has 6 heterocycles. The molecule has 0 spiro atoms. The number of anilines is 3. The van der Waals surface area contributed by atoms with E-state index in [0.717, 1.165) is 50.4 Å². The summed E-state index contributed by atoms with van der Waals surface area (Å²) in [5, 5.41) is 23.0. The monoisotopic (exact) mass is 1570 g/mol. The number of carbonyl (C=O) groups excluding carboxylic acids is 6. The zero-order valence-corrected chi connectivity index (χ0v) is 61.2. The minimum absolute atomic E-state index is 0.00225. The topological polar surface area (TPSA) is 367 Å². The first kappa shape index (κ1) is 82.7. The second-order valence-electron chi connectivity index (χ2n) is 27.7. The molecule has 3 unspecified atom stereocenters. The van der Waals surface area contributed by atoms with Crippen molar-refractivity contribution >= 4 is 52.9 Å². The molecule has 0 bridgehead atoms. The van der Waals surface area contributed by atoms with E-state index in [4.69, 9.17) is 34.4 Å². The molecule has 3 aromatic heterocycles. The smallest absolute Gasteiger partial charge is 0.272 e. The third-order valence-electron chi connectivity index (χ3n) is 19.7. The summed E-state index contributed by atoms with van der Waals surface area (Å²) in [4.78, 5) is 77.4. The van der Waals surface area contributed by atoms with Crippen LogP contribution in [0.2, 0.25) is 0 Å². The second-order valence-corrected chi connectivity index (χ2v) is 27.7. The van der Waals surface area contributed by atoms with Crippen molar-refractivity contribution < 1.29 is 81.5 Å². The number of nitrogen functional groups attached to an aromatic ring is 3. The van der Waals surface area contributed by atoms with E-state index in [1.54, 1.807) is 32.7 Å². The Morgan fingerprint density at radius 2 is 0.786 bits per heavy atom. The van der Waals surface area contributed by atoms with E-state index in [2.05, 4.69) is 36.6 Å². The van der Waals surface area contributed by atoms with Crippen molar-refractivity contribution in [2.45, 2.75) is 115 Å². The minimum atomic E-state index is -3.15. The maximum absolute atomic E-state index is 15.1. The molecule has 9 aromatic rings. The predicted octanol–water partition coefficient (Wildman–Crippen LogP) is 10.2. The Labute approximate surface area is 633 Å². The number of alkyl halides is 6. The number of nitrogens with one attached hydrogen (secondary N) is 4. The van der Waals surface area contributed by atoms with Crippen LogP contribution in [0, 0.1) is 55.7 Å². The highest BCUT2D eigenvalue weighted by Crippen LogP contribution is 2.44. The average Bonchev–Trinajstić information content (AvgIpc) is 1.16. The Morgan fingerprint density at radius 1 is 0.464 bits per heavy atom. The van der Waals surface area contributed by atoms with Crippen LogP contribution in [0.5, 0.6) is 0 Å². The summed E-state index contributed by atoms with van der Waals surface area (Å²) < 4.78 is 177. The maximum atomic E-state index is 15.1. The summed E-state index contributed by atoms with van der Waals surface area (Å²) in [5.41, 5.74) is 36.0. The number of carbonyl (C=O) groups is 6. The van der Waals surface area contributed by atoms with Gasteiger partial charge in [0.25, 0.3) is 53.2 Å². The lowest BCUT2D eigenvalue weighted by Crippen LogP contribution is -2.50.